The highest BCUT2D eigenvalue weighted by Gasteiger charge is 2.26. The molecule has 0 saturated carbocycles. The van der Waals surface area contributed by atoms with Crippen LogP contribution in [-0.4, -0.2) is 36.6 Å². The number of nitro groups is 1. The number of carbonyl (C=O) groups excluding carboxylic acids is 2. The van der Waals surface area contributed by atoms with Gasteiger partial charge in [0.1, 0.15) is 19.0 Å². The van der Waals surface area contributed by atoms with E-state index in [2.05, 4.69) is 9.47 Å². The molecule has 1 aliphatic rings. The maximum atomic E-state index is 11.3. The Morgan fingerprint density at radius 2 is 2.10 bits per heavy atom. The molecule has 1 fully saturated rings. The summed E-state index contributed by atoms with van der Waals surface area (Å²) < 4.78 is 18.6. The minimum atomic E-state index is -1.01. The zero-order valence-corrected chi connectivity index (χ0v) is 10.0. The van der Waals surface area contributed by atoms with Crippen molar-refractivity contribution in [3.8, 4) is 5.75 Å². The van der Waals surface area contributed by atoms with Crippen LogP contribution >= 0.6 is 0 Å². The average molecular weight is 283 g/mol. The molecule has 0 radical (unpaired) electrons. The molecule has 1 unspecified atom stereocenters. The fourth-order valence-corrected chi connectivity index (χ4v) is 1.37. The van der Waals surface area contributed by atoms with Crippen LogP contribution in [0, 0.1) is 10.1 Å². The van der Waals surface area contributed by atoms with Crippen LogP contribution in [0.4, 0.5) is 15.3 Å². The number of benzene rings is 1. The van der Waals surface area contributed by atoms with E-state index in [0.717, 1.165) is 0 Å². The van der Waals surface area contributed by atoms with Crippen molar-refractivity contribution < 1.29 is 33.5 Å². The van der Waals surface area contributed by atoms with Crippen LogP contribution in [-0.2, 0) is 14.2 Å². The van der Waals surface area contributed by atoms with Gasteiger partial charge in [0.05, 0.1) is 4.92 Å². The lowest BCUT2D eigenvalue weighted by atomic mass is 10.3. The molecule has 9 nitrogen and oxygen atoms in total. The molecule has 1 saturated heterocycles. The quantitative estimate of drug-likeness (QED) is 0.354. The molecule has 9 heteroatoms. The molecule has 1 heterocycles. The standard InChI is InChI=1S/C11H9NO8/c13-10(17-5-9-6-18-11(14)20-9)19-8-3-1-7(2-4-8)12(15)16/h1-4,9H,5-6H2. The van der Waals surface area contributed by atoms with Gasteiger partial charge in [0.25, 0.3) is 5.69 Å². The van der Waals surface area contributed by atoms with Crippen LogP contribution in [0.25, 0.3) is 0 Å². The van der Waals surface area contributed by atoms with Crippen molar-refractivity contribution >= 4 is 18.0 Å². The van der Waals surface area contributed by atoms with E-state index < -0.39 is 23.3 Å². The molecule has 1 aromatic rings. The van der Waals surface area contributed by atoms with Crippen molar-refractivity contribution in [3.63, 3.8) is 0 Å². The molecule has 1 atom stereocenters. The topological polar surface area (TPSA) is 114 Å². The summed E-state index contributed by atoms with van der Waals surface area (Å²) in [6.07, 6.45) is -2.49. The van der Waals surface area contributed by atoms with E-state index >= 15 is 0 Å². The smallest absolute Gasteiger partial charge is 0.430 e. The van der Waals surface area contributed by atoms with Gasteiger partial charge in [-0.3, -0.25) is 10.1 Å². The minimum Gasteiger partial charge on any atom is -0.430 e. The second kappa shape index (κ2) is 5.87. The van der Waals surface area contributed by atoms with E-state index in [4.69, 9.17) is 9.47 Å². The fraction of sp³-hybridized carbons (Fsp3) is 0.273. The van der Waals surface area contributed by atoms with E-state index in [1.807, 2.05) is 0 Å². The first-order chi connectivity index (χ1) is 9.54. The number of nitrogens with zero attached hydrogens (tertiary/aromatic N) is 1. The second-order valence-corrected chi connectivity index (χ2v) is 3.71. The number of rotatable bonds is 4. The normalized spacial score (nSPS) is 17.0. The van der Waals surface area contributed by atoms with E-state index in [9.17, 15) is 19.7 Å². The predicted octanol–water partition coefficient (Wildman–Crippen LogP) is 1.65. The van der Waals surface area contributed by atoms with Gasteiger partial charge in [0.15, 0.2) is 6.10 Å². The molecular weight excluding hydrogens is 274 g/mol. The van der Waals surface area contributed by atoms with Gasteiger partial charge < -0.3 is 18.9 Å². The van der Waals surface area contributed by atoms with Crippen molar-refractivity contribution in [2.45, 2.75) is 6.10 Å². The van der Waals surface area contributed by atoms with E-state index in [1.54, 1.807) is 0 Å². The fourth-order valence-electron chi connectivity index (χ4n) is 1.37. The Morgan fingerprint density at radius 3 is 2.65 bits per heavy atom. The largest absolute Gasteiger partial charge is 0.513 e. The maximum Gasteiger partial charge on any atom is 0.513 e. The Balaban J connectivity index is 1.79. The van der Waals surface area contributed by atoms with Crippen molar-refractivity contribution in [3.05, 3.63) is 34.4 Å². The summed E-state index contributed by atoms with van der Waals surface area (Å²) >= 11 is 0. The predicted molar refractivity (Wildman–Crippen MR) is 61.3 cm³/mol. The van der Waals surface area contributed by atoms with Crippen LogP contribution in [0.2, 0.25) is 0 Å². The number of hydrogen-bond donors (Lipinski definition) is 0. The van der Waals surface area contributed by atoms with Crippen LogP contribution in [0.15, 0.2) is 24.3 Å². The Hall–Kier alpha value is -2.84. The summed E-state index contributed by atoms with van der Waals surface area (Å²) in [6.45, 7) is -0.193. The summed E-state index contributed by atoms with van der Waals surface area (Å²) in [5, 5.41) is 10.4. The third kappa shape index (κ3) is 3.57. The number of cyclic esters (lactones) is 2. The van der Waals surface area contributed by atoms with Crippen LogP contribution in [0.1, 0.15) is 0 Å². The first kappa shape index (κ1) is 13.6. The lowest BCUT2D eigenvalue weighted by molar-refractivity contribution is -0.384. The average Bonchev–Trinajstić information content (AvgIpc) is 2.83. The van der Waals surface area contributed by atoms with Gasteiger partial charge in [-0.05, 0) is 12.1 Å². The van der Waals surface area contributed by atoms with Crippen molar-refractivity contribution in [1.82, 2.24) is 0 Å². The Morgan fingerprint density at radius 1 is 1.40 bits per heavy atom. The first-order valence-electron chi connectivity index (χ1n) is 5.47. The van der Waals surface area contributed by atoms with Gasteiger partial charge in [-0.15, -0.1) is 0 Å². The molecule has 1 aliphatic heterocycles. The zero-order chi connectivity index (χ0) is 14.5. The van der Waals surface area contributed by atoms with Gasteiger partial charge in [0, 0.05) is 12.1 Å². The minimum absolute atomic E-state index is 0.00362. The molecule has 2 rings (SSSR count). The highest BCUT2D eigenvalue weighted by atomic mass is 16.8. The zero-order valence-electron chi connectivity index (χ0n) is 10.0. The summed E-state index contributed by atoms with van der Waals surface area (Å²) in [5.74, 6) is 0.0975. The molecule has 1 aromatic carbocycles. The summed E-state index contributed by atoms with van der Waals surface area (Å²) in [6, 6.07) is 4.90. The molecule has 0 bridgehead atoms. The summed E-state index contributed by atoms with van der Waals surface area (Å²) in [7, 11) is 0. The SMILES string of the molecule is O=C(OCC1COC(=O)O1)Oc1ccc([N+](=O)[O-])cc1. The maximum absolute atomic E-state index is 11.3. The molecule has 20 heavy (non-hydrogen) atoms. The lowest BCUT2D eigenvalue weighted by Crippen LogP contribution is -2.22. The molecule has 0 aliphatic carbocycles. The van der Waals surface area contributed by atoms with E-state index in [1.165, 1.54) is 24.3 Å². The van der Waals surface area contributed by atoms with Gasteiger partial charge in [0.2, 0.25) is 0 Å². The van der Waals surface area contributed by atoms with Crippen molar-refractivity contribution in [2.75, 3.05) is 13.2 Å². The first-order valence-corrected chi connectivity index (χ1v) is 5.47. The summed E-state index contributed by atoms with van der Waals surface area (Å²) in [5.41, 5.74) is -0.124. The molecular formula is C11H9NO8. The van der Waals surface area contributed by atoms with Crippen LogP contribution in [0.5, 0.6) is 5.75 Å². The number of non-ortho nitro benzene ring substituents is 1. The Labute approximate surface area is 112 Å². The third-order valence-electron chi connectivity index (χ3n) is 2.29. The van der Waals surface area contributed by atoms with Gasteiger partial charge in [-0.25, -0.2) is 9.59 Å². The van der Waals surface area contributed by atoms with Gasteiger partial charge in [-0.1, -0.05) is 0 Å². The van der Waals surface area contributed by atoms with Crippen molar-refractivity contribution in [1.29, 1.82) is 0 Å². The second-order valence-electron chi connectivity index (χ2n) is 3.71. The third-order valence-corrected chi connectivity index (χ3v) is 2.29. The molecule has 106 valence electrons. The Bertz CT molecular complexity index is 526. The van der Waals surface area contributed by atoms with Crippen LogP contribution in [0.3, 0.4) is 0 Å². The summed E-state index contributed by atoms with van der Waals surface area (Å²) in [4.78, 5) is 31.8. The molecule has 0 amide bonds. The van der Waals surface area contributed by atoms with E-state index in [-0.39, 0.29) is 24.7 Å². The molecule has 0 aromatic heterocycles. The number of hydrogen-bond acceptors (Lipinski definition) is 8. The van der Waals surface area contributed by atoms with Gasteiger partial charge in [-0.2, -0.15) is 0 Å². The monoisotopic (exact) mass is 283 g/mol. The highest BCUT2D eigenvalue weighted by molar-refractivity contribution is 5.64. The lowest BCUT2D eigenvalue weighted by Gasteiger charge is -2.08. The van der Waals surface area contributed by atoms with E-state index in [0.29, 0.717) is 0 Å². The number of carbonyl (C=O) groups is 2. The number of nitro benzene ring substituents is 1. The highest BCUT2D eigenvalue weighted by Crippen LogP contribution is 2.17. The van der Waals surface area contributed by atoms with Crippen LogP contribution < -0.4 is 4.74 Å². The van der Waals surface area contributed by atoms with Crippen molar-refractivity contribution in [2.24, 2.45) is 0 Å². The number of ether oxygens (including phenoxy) is 4. The van der Waals surface area contributed by atoms with Gasteiger partial charge >= 0.3 is 12.3 Å². The Kier molecular flexibility index (Phi) is 3.99. The molecule has 0 N–H and O–H groups in total. The molecule has 0 spiro atoms.